The third kappa shape index (κ3) is 508. The van der Waals surface area contributed by atoms with Crippen LogP contribution < -0.4 is 0 Å². The summed E-state index contributed by atoms with van der Waals surface area (Å²) in [5.74, 6) is 0. The van der Waals surface area contributed by atoms with E-state index in [0.717, 1.165) is 12.8 Å². The zero-order valence-corrected chi connectivity index (χ0v) is 39.3. The van der Waals surface area contributed by atoms with Crippen LogP contribution in [0.3, 0.4) is 0 Å². The van der Waals surface area contributed by atoms with Crippen molar-refractivity contribution in [3.8, 4) is 0 Å². The summed E-state index contributed by atoms with van der Waals surface area (Å²) in [4.78, 5) is 48.7. The molecular weight excluding hydrogens is 808 g/mol. The molecule has 0 heterocycles. The Morgan fingerprint density at radius 2 is 0.482 bits per heavy atom. The topological polar surface area (TPSA) is 338 Å². The molecule has 24 heteroatoms. The van der Waals surface area contributed by atoms with E-state index in [4.69, 9.17) is 70.9 Å². The van der Waals surface area contributed by atoms with Gasteiger partial charge in [0.05, 0.1) is 0 Å². The van der Waals surface area contributed by atoms with Gasteiger partial charge in [0, 0.05) is 13.2 Å². The summed E-state index contributed by atoms with van der Waals surface area (Å²) in [6.45, 7) is 26.0. The van der Waals surface area contributed by atoms with Crippen molar-refractivity contribution in [3.63, 3.8) is 0 Å². The average molecular weight is 897 g/mol. The molecule has 1 atom stereocenters. The van der Waals surface area contributed by atoms with Crippen molar-refractivity contribution in [2.75, 3.05) is 72.7 Å². The molecular formula is C32H88N6NaO14P3. The van der Waals surface area contributed by atoms with Crippen LogP contribution in [0.4, 0.5) is 0 Å². The Morgan fingerprint density at radius 3 is 0.607 bits per heavy atom. The van der Waals surface area contributed by atoms with E-state index in [1.165, 1.54) is 141 Å². The fourth-order valence-electron chi connectivity index (χ4n) is 2.71. The SMILES string of the molecule is CCCCCCCCO.CCCCCCCCO.CCCCCCCCP.C[PH](C)(C)C.C[PH](C)(C)C.O=NO.O=NO.O=NO.O=NO.O=NO.O=NO.[NaH]. The van der Waals surface area contributed by atoms with Crippen LogP contribution >= 0.6 is 23.8 Å². The van der Waals surface area contributed by atoms with Crippen molar-refractivity contribution in [1.82, 2.24) is 0 Å². The third-order valence-corrected chi connectivity index (χ3v) is 4.99. The standard InChI is InChI=1S/2C8H18O.C8H19P.2C4H13P.6HNO2.Na.H/c3*1-2-3-4-5-6-7-8-9;2*1-5(2,3)4;6*2-1-3;;/h2*9H,2-8H2,1H3;2-9H2,1H3;2*5H,1-4H3;6*(H,2,3);;. The molecule has 0 aliphatic rings. The second-order valence-electron chi connectivity index (χ2n) is 14.0. The Hall–Kier alpha value is -1.39. The van der Waals surface area contributed by atoms with Crippen LogP contribution in [0.15, 0.2) is 32.0 Å². The molecule has 0 radical (unpaired) electrons. The van der Waals surface area contributed by atoms with Gasteiger partial charge in [0.2, 0.25) is 0 Å². The van der Waals surface area contributed by atoms with E-state index in [-0.39, 0.29) is 29.6 Å². The van der Waals surface area contributed by atoms with Crippen LogP contribution in [0, 0.1) is 29.4 Å². The van der Waals surface area contributed by atoms with Crippen LogP contribution in [-0.4, -0.2) is 144 Å². The van der Waals surface area contributed by atoms with Gasteiger partial charge in [-0.1, -0.05) is 117 Å². The van der Waals surface area contributed by atoms with Crippen molar-refractivity contribution < 1.29 is 41.5 Å². The maximum absolute atomic E-state index is 8.42. The van der Waals surface area contributed by atoms with E-state index in [2.05, 4.69) is 83.3 Å². The molecule has 0 spiro atoms. The number of hydrogen-bond donors (Lipinski definition) is 8. The van der Waals surface area contributed by atoms with E-state index in [1.807, 2.05) is 0 Å². The Bertz CT molecular complexity index is 517. The van der Waals surface area contributed by atoms with Crippen molar-refractivity contribution in [2.24, 2.45) is 32.0 Å². The number of nitrogens with zero attached hydrogens (tertiary/aromatic N) is 6. The molecule has 0 fully saturated rings. The molecule has 0 bridgehead atoms. The number of rotatable bonds is 18. The molecule has 0 saturated carbocycles. The molecule has 0 rings (SSSR count). The van der Waals surface area contributed by atoms with Crippen LogP contribution in [0.25, 0.3) is 0 Å². The van der Waals surface area contributed by atoms with Crippen LogP contribution in [-0.2, 0) is 0 Å². The second kappa shape index (κ2) is 105. The van der Waals surface area contributed by atoms with E-state index >= 15 is 0 Å². The summed E-state index contributed by atoms with van der Waals surface area (Å²) >= 11 is 0. The number of hydrogen-bond acceptors (Lipinski definition) is 14. The van der Waals surface area contributed by atoms with Crippen molar-refractivity contribution >= 4 is 53.3 Å². The molecule has 0 aliphatic heterocycles. The molecule has 0 amide bonds. The fraction of sp³-hybridized carbons (Fsp3) is 1.00. The van der Waals surface area contributed by atoms with Crippen molar-refractivity contribution in [1.29, 1.82) is 0 Å². The minimum atomic E-state index is -0.611. The quantitative estimate of drug-likeness (QED) is 0.0208. The fourth-order valence-corrected chi connectivity index (χ4v) is 3.00. The van der Waals surface area contributed by atoms with E-state index in [9.17, 15) is 0 Å². The molecule has 56 heavy (non-hydrogen) atoms. The first kappa shape index (κ1) is 86.4. The summed E-state index contributed by atoms with van der Waals surface area (Å²) in [7, 11) is 1.55. The number of aliphatic hydroxyl groups excluding tert-OH is 2. The Kier molecular flexibility index (Phi) is 162. The van der Waals surface area contributed by atoms with Gasteiger partial charge in [-0.2, -0.15) is 0 Å². The summed E-state index contributed by atoms with van der Waals surface area (Å²) < 4.78 is 0. The summed E-state index contributed by atoms with van der Waals surface area (Å²) in [6, 6.07) is 0. The van der Waals surface area contributed by atoms with Gasteiger partial charge in [-0.05, 0) is 25.4 Å². The van der Waals surface area contributed by atoms with Gasteiger partial charge in [0.1, 0.15) is 0 Å². The van der Waals surface area contributed by atoms with Gasteiger partial charge in [-0.25, -0.2) is 0 Å². The normalized spacial score (nSPS) is 8.82. The minimum absolute atomic E-state index is 0. The molecule has 0 aromatic heterocycles. The van der Waals surface area contributed by atoms with Crippen molar-refractivity contribution in [2.45, 2.75) is 136 Å². The van der Waals surface area contributed by atoms with Gasteiger partial charge >= 0.3 is 97.4 Å². The monoisotopic (exact) mass is 897 g/mol. The van der Waals surface area contributed by atoms with Gasteiger partial charge < -0.3 is 41.5 Å². The van der Waals surface area contributed by atoms with E-state index in [1.54, 1.807) is 0 Å². The Morgan fingerprint density at radius 1 is 0.357 bits per heavy atom. The average Bonchev–Trinajstić information content (AvgIpc) is 3.06. The Labute approximate surface area is 363 Å². The molecule has 20 nitrogen and oxygen atoms in total. The molecule has 0 aromatic carbocycles. The summed E-state index contributed by atoms with van der Waals surface area (Å²) in [5.41, 5.74) is 0. The molecule has 8 N–H and O–H groups in total. The zero-order chi connectivity index (χ0) is 46.1. The van der Waals surface area contributed by atoms with Gasteiger partial charge in [-0.3, -0.25) is 0 Å². The predicted octanol–water partition coefficient (Wildman–Crippen LogP) is 10.6. The van der Waals surface area contributed by atoms with Crippen LogP contribution in [0.1, 0.15) is 136 Å². The van der Waals surface area contributed by atoms with E-state index in [0.29, 0.717) is 13.2 Å². The molecule has 0 aromatic rings. The molecule has 346 valence electrons. The van der Waals surface area contributed by atoms with Gasteiger partial charge in [0.15, 0.2) is 32.0 Å². The van der Waals surface area contributed by atoms with Crippen molar-refractivity contribution in [3.05, 3.63) is 29.4 Å². The van der Waals surface area contributed by atoms with Gasteiger partial charge in [0.25, 0.3) is 0 Å². The summed E-state index contributed by atoms with van der Waals surface area (Å²) in [5, 5.41) is 64.2. The first-order valence-corrected chi connectivity index (χ1v) is 27.3. The van der Waals surface area contributed by atoms with Crippen LogP contribution in [0.2, 0.25) is 0 Å². The number of unbranched alkanes of at least 4 members (excludes halogenated alkanes) is 15. The zero-order valence-electron chi connectivity index (χ0n) is 36.1. The summed E-state index contributed by atoms with van der Waals surface area (Å²) in [6.07, 6.45) is 24.8. The first-order valence-electron chi connectivity index (χ1n) is 18.5. The molecule has 0 saturated heterocycles. The molecule has 1 unspecified atom stereocenters. The second-order valence-corrected chi connectivity index (χ2v) is 26.6. The van der Waals surface area contributed by atoms with Crippen LogP contribution in [0.5, 0.6) is 0 Å². The third-order valence-electron chi connectivity index (χ3n) is 4.58. The van der Waals surface area contributed by atoms with Gasteiger partial charge in [-0.15, -0.1) is 38.7 Å². The number of aliphatic hydroxyl groups is 2. The Balaban J connectivity index is -0.0000000393. The van der Waals surface area contributed by atoms with E-state index < -0.39 is 14.5 Å². The predicted molar refractivity (Wildman–Crippen MR) is 246 cm³/mol. The molecule has 0 aliphatic carbocycles. The first-order chi connectivity index (χ1) is 25.7. The maximum atomic E-state index is 8.42.